The second-order valence-corrected chi connectivity index (χ2v) is 6.47. The normalized spacial score (nSPS) is 23.0. The Hall–Kier alpha value is -2.33. The van der Waals surface area contributed by atoms with Gasteiger partial charge in [-0.15, -0.1) is 0 Å². The first-order valence-corrected chi connectivity index (χ1v) is 8.03. The van der Waals surface area contributed by atoms with E-state index < -0.39 is 0 Å². The number of nitrogens with zero attached hydrogens (tertiary/aromatic N) is 1. The molecule has 0 radical (unpaired) electrons. The van der Waals surface area contributed by atoms with Gasteiger partial charge >= 0.3 is 0 Å². The molecule has 1 fully saturated rings. The summed E-state index contributed by atoms with van der Waals surface area (Å²) in [6.07, 6.45) is 0. The number of likely N-dealkylation sites (tertiary alicyclic amines) is 1. The smallest absolute Gasteiger partial charge is 0.248 e. The molecule has 2 heterocycles. The summed E-state index contributed by atoms with van der Waals surface area (Å²) in [5.74, 6) is 1.42. The van der Waals surface area contributed by atoms with E-state index in [9.17, 15) is 4.79 Å². The maximum Gasteiger partial charge on any atom is 0.248 e. The van der Waals surface area contributed by atoms with Gasteiger partial charge in [0, 0.05) is 37.0 Å². The molecule has 1 amide bonds. The molecule has 0 aliphatic carbocycles. The van der Waals surface area contributed by atoms with Gasteiger partial charge in [-0.05, 0) is 29.3 Å². The molecule has 4 nitrogen and oxygen atoms in total. The van der Waals surface area contributed by atoms with E-state index in [1.165, 1.54) is 5.56 Å². The maximum absolute atomic E-state index is 11.5. The molecule has 2 N–H and O–H groups in total. The van der Waals surface area contributed by atoms with Gasteiger partial charge in [0.1, 0.15) is 5.75 Å². The summed E-state index contributed by atoms with van der Waals surface area (Å²) in [5.41, 5.74) is 8.45. The van der Waals surface area contributed by atoms with Gasteiger partial charge in [-0.1, -0.05) is 30.3 Å². The monoisotopic (exact) mass is 308 g/mol. The Morgan fingerprint density at radius 2 is 2.00 bits per heavy atom. The lowest BCUT2D eigenvalue weighted by molar-refractivity contribution is 0.1000. The van der Waals surface area contributed by atoms with Crippen LogP contribution in [0.25, 0.3) is 0 Å². The zero-order valence-corrected chi connectivity index (χ0v) is 12.9. The van der Waals surface area contributed by atoms with Crippen LogP contribution in [0.5, 0.6) is 5.75 Å². The molecule has 2 atom stereocenters. The maximum atomic E-state index is 11.5. The zero-order valence-electron chi connectivity index (χ0n) is 12.9. The van der Waals surface area contributed by atoms with Crippen LogP contribution in [0.1, 0.15) is 27.4 Å². The molecule has 2 aromatic carbocycles. The first-order valence-electron chi connectivity index (χ1n) is 8.03. The quantitative estimate of drug-likeness (QED) is 0.947. The van der Waals surface area contributed by atoms with Crippen molar-refractivity contribution in [2.45, 2.75) is 12.5 Å². The highest BCUT2D eigenvalue weighted by Gasteiger charge is 2.38. The van der Waals surface area contributed by atoms with Gasteiger partial charge < -0.3 is 10.5 Å². The molecular weight excluding hydrogens is 288 g/mol. The predicted octanol–water partition coefficient (Wildman–Crippen LogP) is 2.39. The van der Waals surface area contributed by atoms with Gasteiger partial charge in [-0.25, -0.2) is 0 Å². The summed E-state index contributed by atoms with van der Waals surface area (Å²) < 4.78 is 5.89. The molecular formula is C19H20N2O2. The molecule has 4 rings (SSSR count). The van der Waals surface area contributed by atoms with Gasteiger partial charge in [-0.3, -0.25) is 9.69 Å². The van der Waals surface area contributed by atoms with Crippen LogP contribution in [0.15, 0.2) is 48.5 Å². The third kappa shape index (κ3) is 2.70. The SMILES string of the molecule is NC(=O)c1ccc2c(c1)[C@H]1CN(Cc3ccccc3)C[C@@H]1CO2. The van der Waals surface area contributed by atoms with Gasteiger partial charge in [0.25, 0.3) is 0 Å². The van der Waals surface area contributed by atoms with Crippen molar-refractivity contribution in [1.82, 2.24) is 4.90 Å². The molecule has 0 saturated carbocycles. The molecule has 0 bridgehead atoms. The van der Waals surface area contributed by atoms with Crippen LogP contribution >= 0.6 is 0 Å². The molecule has 2 aromatic rings. The highest BCUT2D eigenvalue weighted by molar-refractivity contribution is 5.93. The van der Waals surface area contributed by atoms with E-state index in [1.807, 2.05) is 18.2 Å². The zero-order chi connectivity index (χ0) is 15.8. The summed E-state index contributed by atoms with van der Waals surface area (Å²) in [6, 6.07) is 16.1. The van der Waals surface area contributed by atoms with E-state index in [2.05, 4.69) is 29.2 Å². The van der Waals surface area contributed by atoms with Crippen LogP contribution in [-0.2, 0) is 6.54 Å². The van der Waals surface area contributed by atoms with E-state index in [1.54, 1.807) is 6.07 Å². The summed E-state index contributed by atoms with van der Waals surface area (Å²) in [5, 5.41) is 0. The third-order valence-corrected chi connectivity index (χ3v) is 4.91. The molecule has 1 saturated heterocycles. The van der Waals surface area contributed by atoms with Crippen molar-refractivity contribution in [3.63, 3.8) is 0 Å². The van der Waals surface area contributed by atoms with Crippen molar-refractivity contribution in [1.29, 1.82) is 0 Å². The van der Waals surface area contributed by atoms with E-state index in [4.69, 9.17) is 10.5 Å². The predicted molar refractivity (Wildman–Crippen MR) is 88.4 cm³/mol. The van der Waals surface area contributed by atoms with Crippen molar-refractivity contribution in [2.75, 3.05) is 19.7 Å². The Morgan fingerprint density at radius 3 is 2.78 bits per heavy atom. The first kappa shape index (κ1) is 14.3. The molecule has 4 heteroatoms. The summed E-state index contributed by atoms with van der Waals surface area (Å²) in [4.78, 5) is 13.9. The van der Waals surface area contributed by atoms with Crippen molar-refractivity contribution < 1.29 is 9.53 Å². The van der Waals surface area contributed by atoms with Gasteiger partial charge in [-0.2, -0.15) is 0 Å². The number of carbonyl (C=O) groups excluding carboxylic acids is 1. The second-order valence-electron chi connectivity index (χ2n) is 6.47. The second kappa shape index (κ2) is 5.70. The van der Waals surface area contributed by atoms with Crippen LogP contribution in [0.4, 0.5) is 0 Å². The number of hydrogen-bond acceptors (Lipinski definition) is 3. The van der Waals surface area contributed by atoms with Crippen molar-refractivity contribution in [3.05, 3.63) is 65.2 Å². The van der Waals surface area contributed by atoms with E-state index in [0.29, 0.717) is 17.4 Å². The number of amides is 1. The van der Waals surface area contributed by atoms with Crippen molar-refractivity contribution >= 4 is 5.91 Å². The Labute approximate surface area is 135 Å². The van der Waals surface area contributed by atoms with Crippen molar-refractivity contribution in [2.24, 2.45) is 11.7 Å². The van der Waals surface area contributed by atoms with Gasteiger partial charge in [0.2, 0.25) is 5.91 Å². The molecule has 0 aromatic heterocycles. The number of carbonyl (C=O) groups is 1. The van der Waals surface area contributed by atoms with Crippen LogP contribution in [0.3, 0.4) is 0 Å². The minimum atomic E-state index is -0.380. The van der Waals surface area contributed by atoms with E-state index in [0.717, 1.165) is 37.6 Å². The number of hydrogen-bond donors (Lipinski definition) is 1. The topological polar surface area (TPSA) is 55.6 Å². The fourth-order valence-corrected chi connectivity index (χ4v) is 3.77. The fraction of sp³-hybridized carbons (Fsp3) is 0.316. The average Bonchev–Trinajstić information content (AvgIpc) is 2.98. The third-order valence-electron chi connectivity index (χ3n) is 4.91. The summed E-state index contributed by atoms with van der Waals surface area (Å²) in [7, 11) is 0. The largest absolute Gasteiger partial charge is 0.493 e. The Kier molecular flexibility index (Phi) is 3.54. The Balaban J connectivity index is 1.57. The Bertz CT molecular complexity index is 729. The molecule has 0 unspecified atom stereocenters. The van der Waals surface area contributed by atoms with Crippen molar-refractivity contribution in [3.8, 4) is 5.75 Å². The fourth-order valence-electron chi connectivity index (χ4n) is 3.77. The van der Waals surface area contributed by atoms with Gasteiger partial charge in [0.05, 0.1) is 6.61 Å². The number of rotatable bonds is 3. The lowest BCUT2D eigenvalue weighted by Gasteiger charge is -2.28. The highest BCUT2D eigenvalue weighted by Crippen LogP contribution is 2.42. The van der Waals surface area contributed by atoms with E-state index in [-0.39, 0.29) is 5.91 Å². The number of primary amides is 1. The van der Waals surface area contributed by atoms with Crippen LogP contribution < -0.4 is 10.5 Å². The summed E-state index contributed by atoms with van der Waals surface area (Å²) in [6.45, 7) is 3.73. The number of fused-ring (bicyclic) bond motifs is 3. The molecule has 118 valence electrons. The number of ether oxygens (including phenoxy) is 1. The van der Waals surface area contributed by atoms with Crippen LogP contribution in [0, 0.1) is 5.92 Å². The Morgan fingerprint density at radius 1 is 1.17 bits per heavy atom. The first-order chi connectivity index (χ1) is 11.2. The minimum absolute atomic E-state index is 0.380. The number of benzene rings is 2. The molecule has 2 aliphatic heterocycles. The van der Waals surface area contributed by atoms with E-state index >= 15 is 0 Å². The standard InChI is InChI=1S/C19H20N2O2/c20-19(22)14-6-7-18-16(8-14)17-11-21(10-15(17)12-23-18)9-13-4-2-1-3-5-13/h1-8,15,17H,9-12H2,(H2,20,22)/t15-,17+/m1/s1. The summed E-state index contributed by atoms with van der Waals surface area (Å²) >= 11 is 0. The highest BCUT2D eigenvalue weighted by atomic mass is 16.5. The molecule has 23 heavy (non-hydrogen) atoms. The van der Waals surface area contributed by atoms with Gasteiger partial charge in [0.15, 0.2) is 0 Å². The van der Waals surface area contributed by atoms with Crippen LogP contribution in [0.2, 0.25) is 0 Å². The average molecular weight is 308 g/mol. The van der Waals surface area contributed by atoms with Crippen LogP contribution in [-0.4, -0.2) is 30.5 Å². The molecule has 2 aliphatic rings. The molecule has 0 spiro atoms. The number of nitrogens with two attached hydrogens (primary N) is 1. The lowest BCUT2D eigenvalue weighted by atomic mass is 9.86. The minimum Gasteiger partial charge on any atom is -0.493 e. The lowest BCUT2D eigenvalue weighted by Crippen LogP contribution is -2.25.